The smallest absolute Gasteiger partial charge is 0.251 e. The van der Waals surface area contributed by atoms with Gasteiger partial charge in [-0.1, -0.05) is 24.3 Å². The molecule has 0 unspecified atom stereocenters. The molecule has 0 aliphatic rings. The first kappa shape index (κ1) is 16.4. The predicted octanol–water partition coefficient (Wildman–Crippen LogP) is 3.34. The number of carbonyl (C=O) groups is 1. The number of hydrogen-bond acceptors (Lipinski definition) is 6. The lowest BCUT2D eigenvalue weighted by Crippen LogP contribution is -2.14. The van der Waals surface area contributed by atoms with Gasteiger partial charge in [-0.3, -0.25) is 4.79 Å². The van der Waals surface area contributed by atoms with Crippen molar-refractivity contribution in [1.82, 2.24) is 15.2 Å². The fourth-order valence-electron chi connectivity index (χ4n) is 2.29. The number of benzene rings is 2. The van der Waals surface area contributed by atoms with E-state index in [4.69, 9.17) is 0 Å². The van der Waals surface area contributed by atoms with Gasteiger partial charge in [0.25, 0.3) is 5.95 Å². The molecule has 0 spiro atoms. The summed E-state index contributed by atoms with van der Waals surface area (Å²) in [6.45, 7) is 1.47. The van der Waals surface area contributed by atoms with Gasteiger partial charge in [0.05, 0.1) is 6.20 Å². The highest BCUT2D eigenvalue weighted by Gasteiger charge is 2.08. The molecule has 0 saturated carbocycles. The molecule has 2 aromatic carbocycles. The molecule has 0 radical (unpaired) electrons. The molecule has 0 fully saturated rings. The first-order chi connectivity index (χ1) is 12.1. The molecule has 2 N–H and O–H groups in total. The normalized spacial score (nSPS) is 10.2. The number of hydrogen-bond donors (Lipinski definition) is 2. The SMILES string of the molecule is CC(=O)Nc1cccc(Nc2cnnc(N(C)c3ccccc3)n2)c1. The summed E-state index contributed by atoms with van der Waals surface area (Å²) in [5.74, 6) is 0.926. The van der Waals surface area contributed by atoms with Crippen LogP contribution in [0.3, 0.4) is 0 Å². The van der Waals surface area contributed by atoms with Crippen molar-refractivity contribution in [2.45, 2.75) is 6.92 Å². The zero-order valence-corrected chi connectivity index (χ0v) is 14.0. The van der Waals surface area contributed by atoms with Gasteiger partial charge < -0.3 is 15.5 Å². The van der Waals surface area contributed by atoms with Gasteiger partial charge in [0.1, 0.15) is 0 Å². The first-order valence-electron chi connectivity index (χ1n) is 7.75. The highest BCUT2D eigenvalue weighted by Crippen LogP contribution is 2.22. The molecule has 1 aromatic heterocycles. The van der Waals surface area contributed by atoms with E-state index >= 15 is 0 Å². The van der Waals surface area contributed by atoms with Crippen LogP contribution < -0.4 is 15.5 Å². The van der Waals surface area contributed by atoms with E-state index in [0.717, 1.165) is 11.4 Å². The van der Waals surface area contributed by atoms with Crippen molar-refractivity contribution >= 4 is 34.7 Å². The van der Waals surface area contributed by atoms with E-state index < -0.39 is 0 Å². The zero-order valence-electron chi connectivity index (χ0n) is 14.0. The van der Waals surface area contributed by atoms with Crippen LogP contribution in [0.15, 0.2) is 60.8 Å². The van der Waals surface area contributed by atoms with Crippen LogP contribution in [0.2, 0.25) is 0 Å². The van der Waals surface area contributed by atoms with Crippen LogP contribution in [0.4, 0.5) is 28.8 Å². The average molecular weight is 334 g/mol. The van der Waals surface area contributed by atoms with E-state index in [0.29, 0.717) is 17.5 Å². The Morgan fingerprint density at radius 1 is 1.04 bits per heavy atom. The molecule has 1 heterocycles. The maximum absolute atomic E-state index is 11.2. The number of carbonyl (C=O) groups excluding carboxylic acids is 1. The van der Waals surface area contributed by atoms with Crippen molar-refractivity contribution in [3.05, 3.63) is 60.8 Å². The molecule has 0 aliphatic carbocycles. The molecule has 0 saturated heterocycles. The Morgan fingerprint density at radius 2 is 1.80 bits per heavy atom. The number of aromatic nitrogens is 3. The van der Waals surface area contributed by atoms with Gasteiger partial charge in [-0.25, -0.2) is 0 Å². The Hall–Kier alpha value is -3.48. The molecular formula is C18H18N6O. The number of nitrogens with zero attached hydrogens (tertiary/aromatic N) is 4. The van der Waals surface area contributed by atoms with E-state index in [1.807, 2.05) is 66.5 Å². The molecule has 0 atom stereocenters. The lowest BCUT2D eigenvalue weighted by molar-refractivity contribution is -0.114. The summed E-state index contributed by atoms with van der Waals surface area (Å²) in [7, 11) is 1.88. The Kier molecular flexibility index (Phi) is 4.84. The largest absolute Gasteiger partial charge is 0.339 e. The van der Waals surface area contributed by atoms with Crippen molar-refractivity contribution in [3.63, 3.8) is 0 Å². The molecule has 1 amide bonds. The Labute approximate surface area is 145 Å². The van der Waals surface area contributed by atoms with Gasteiger partial charge in [-0.05, 0) is 30.3 Å². The maximum Gasteiger partial charge on any atom is 0.251 e. The summed E-state index contributed by atoms with van der Waals surface area (Å²) in [5, 5.41) is 14.0. The molecule has 7 heteroatoms. The third-order valence-corrected chi connectivity index (χ3v) is 3.45. The van der Waals surface area contributed by atoms with Crippen molar-refractivity contribution in [2.75, 3.05) is 22.6 Å². The van der Waals surface area contributed by atoms with Gasteiger partial charge in [-0.15, -0.1) is 5.10 Å². The van der Waals surface area contributed by atoms with Gasteiger partial charge in [0.2, 0.25) is 5.91 Å². The van der Waals surface area contributed by atoms with Crippen LogP contribution in [0.25, 0.3) is 0 Å². The summed E-state index contributed by atoms with van der Waals surface area (Å²) in [6.07, 6.45) is 1.55. The number of nitrogens with one attached hydrogen (secondary N) is 2. The third kappa shape index (κ3) is 4.29. The molecule has 3 rings (SSSR count). The number of anilines is 5. The van der Waals surface area contributed by atoms with Gasteiger partial charge in [0.15, 0.2) is 5.82 Å². The average Bonchev–Trinajstić information content (AvgIpc) is 2.62. The zero-order chi connectivity index (χ0) is 17.6. The van der Waals surface area contributed by atoms with E-state index in [1.165, 1.54) is 6.92 Å². The van der Waals surface area contributed by atoms with Crippen LogP contribution >= 0.6 is 0 Å². The molecule has 7 nitrogen and oxygen atoms in total. The van der Waals surface area contributed by atoms with Crippen molar-refractivity contribution in [1.29, 1.82) is 0 Å². The van der Waals surface area contributed by atoms with Crippen molar-refractivity contribution in [3.8, 4) is 0 Å². The monoisotopic (exact) mass is 334 g/mol. The van der Waals surface area contributed by atoms with Gasteiger partial charge >= 0.3 is 0 Å². The summed E-state index contributed by atoms with van der Waals surface area (Å²) in [4.78, 5) is 17.5. The Morgan fingerprint density at radius 3 is 2.56 bits per heavy atom. The fourth-order valence-corrected chi connectivity index (χ4v) is 2.29. The minimum absolute atomic E-state index is 0.118. The Bertz CT molecular complexity index is 868. The third-order valence-electron chi connectivity index (χ3n) is 3.45. The van der Waals surface area contributed by atoms with Crippen LogP contribution in [-0.2, 0) is 4.79 Å². The summed E-state index contributed by atoms with van der Waals surface area (Å²) in [6, 6.07) is 17.2. The van der Waals surface area contributed by atoms with Crippen LogP contribution in [0.1, 0.15) is 6.92 Å². The second kappa shape index (κ2) is 7.39. The van der Waals surface area contributed by atoms with Crippen molar-refractivity contribution < 1.29 is 4.79 Å². The molecule has 3 aromatic rings. The number of para-hydroxylation sites is 1. The quantitative estimate of drug-likeness (QED) is 0.744. The maximum atomic E-state index is 11.2. The van der Waals surface area contributed by atoms with E-state index in [9.17, 15) is 4.79 Å². The highest BCUT2D eigenvalue weighted by atomic mass is 16.1. The summed E-state index contributed by atoms with van der Waals surface area (Å²) < 4.78 is 0. The lowest BCUT2D eigenvalue weighted by atomic mass is 10.2. The number of rotatable bonds is 5. The minimum atomic E-state index is -0.118. The lowest BCUT2D eigenvalue weighted by Gasteiger charge is -2.17. The number of amides is 1. The van der Waals surface area contributed by atoms with Crippen LogP contribution in [0, 0.1) is 0 Å². The van der Waals surface area contributed by atoms with Gasteiger partial charge in [-0.2, -0.15) is 10.1 Å². The second-order valence-electron chi connectivity index (χ2n) is 5.42. The summed E-state index contributed by atoms with van der Waals surface area (Å²) in [5.41, 5.74) is 2.47. The van der Waals surface area contributed by atoms with Gasteiger partial charge in [0, 0.05) is 31.0 Å². The topological polar surface area (TPSA) is 83.0 Å². The van der Waals surface area contributed by atoms with Crippen molar-refractivity contribution in [2.24, 2.45) is 0 Å². The molecule has 126 valence electrons. The van der Waals surface area contributed by atoms with Crippen LogP contribution in [-0.4, -0.2) is 28.1 Å². The Balaban J connectivity index is 1.79. The fraction of sp³-hybridized carbons (Fsp3) is 0.111. The molecule has 25 heavy (non-hydrogen) atoms. The summed E-state index contributed by atoms with van der Waals surface area (Å²) >= 11 is 0. The van der Waals surface area contributed by atoms with Crippen LogP contribution in [0.5, 0.6) is 0 Å². The predicted molar refractivity (Wildman–Crippen MR) is 98.4 cm³/mol. The first-order valence-corrected chi connectivity index (χ1v) is 7.75. The standard InChI is InChI=1S/C18H18N6O/c1-13(25)20-14-7-6-8-15(11-14)21-17-12-19-23-18(22-17)24(2)16-9-4-3-5-10-16/h3-12H,1-2H3,(H,20,25)(H,21,22,23). The molecular weight excluding hydrogens is 316 g/mol. The molecule has 0 bridgehead atoms. The minimum Gasteiger partial charge on any atom is -0.339 e. The van der Waals surface area contributed by atoms with E-state index in [-0.39, 0.29) is 5.91 Å². The highest BCUT2D eigenvalue weighted by molar-refractivity contribution is 5.89. The van der Waals surface area contributed by atoms with E-state index in [1.54, 1.807) is 6.20 Å². The molecule has 0 aliphatic heterocycles. The van der Waals surface area contributed by atoms with E-state index in [2.05, 4.69) is 25.8 Å². The second-order valence-corrected chi connectivity index (χ2v) is 5.42.